The largest absolute Gasteiger partial charge is 0.317 e. The van der Waals surface area contributed by atoms with Gasteiger partial charge in [-0.05, 0) is 72.3 Å². The summed E-state index contributed by atoms with van der Waals surface area (Å²) in [7, 11) is 0. The number of aromatic nitrogens is 1. The molecule has 4 rings (SSSR count). The molecular weight excluding hydrogens is 544 g/mol. The zero-order valence-corrected chi connectivity index (χ0v) is 21.2. The molecular formula is C25H20Br2N6. The molecule has 2 atom stereocenters. The van der Waals surface area contributed by atoms with E-state index < -0.39 is 12.1 Å². The predicted molar refractivity (Wildman–Crippen MR) is 138 cm³/mol. The van der Waals surface area contributed by atoms with Gasteiger partial charge in [0.2, 0.25) is 0 Å². The quantitative estimate of drug-likeness (QED) is 0.404. The smallest absolute Gasteiger partial charge is 0.127 e. The maximum absolute atomic E-state index is 10.0. The third kappa shape index (κ3) is 4.14. The predicted octanol–water partition coefficient (Wildman–Crippen LogP) is 5.83. The number of halogens is 2. The molecule has 0 bridgehead atoms. The molecule has 1 aliphatic rings. The van der Waals surface area contributed by atoms with Crippen molar-refractivity contribution in [2.24, 2.45) is 16.8 Å². The van der Waals surface area contributed by atoms with Gasteiger partial charge in [-0.15, -0.1) is 0 Å². The van der Waals surface area contributed by atoms with Crippen LogP contribution in [0.4, 0.5) is 5.69 Å². The van der Waals surface area contributed by atoms with E-state index in [-0.39, 0.29) is 0 Å². The normalized spacial score (nSPS) is 18.1. The summed E-state index contributed by atoms with van der Waals surface area (Å²) in [6.07, 6.45) is 1.11. The van der Waals surface area contributed by atoms with Crippen molar-refractivity contribution in [1.82, 2.24) is 4.57 Å². The molecule has 2 N–H and O–H groups in total. The van der Waals surface area contributed by atoms with Crippen LogP contribution >= 0.6 is 31.9 Å². The summed E-state index contributed by atoms with van der Waals surface area (Å²) >= 11 is 7.17. The fourth-order valence-electron chi connectivity index (χ4n) is 3.99. The van der Waals surface area contributed by atoms with Crippen LogP contribution in [0, 0.1) is 42.4 Å². The fourth-order valence-corrected chi connectivity index (χ4v) is 4.84. The average Bonchev–Trinajstić information content (AvgIpc) is 3.26. The Morgan fingerprint density at radius 2 is 1.67 bits per heavy atom. The first-order valence-corrected chi connectivity index (χ1v) is 11.8. The first kappa shape index (κ1) is 23.0. The number of hydrazone groups is 1. The lowest BCUT2D eigenvalue weighted by Gasteiger charge is -2.21. The number of nitriles is 2. The number of para-hydroxylation sites is 1. The van der Waals surface area contributed by atoms with E-state index in [0.29, 0.717) is 11.3 Å². The number of nitrogens with zero attached hydrogens (tertiary/aromatic N) is 5. The van der Waals surface area contributed by atoms with Crippen molar-refractivity contribution in [3.8, 4) is 17.8 Å². The summed E-state index contributed by atoms with van der Waals surface area (Å²) in [5.41, 5.74) is 11.6. The van der Waals surface area contributed by atoms with E-state index in [0.717, 1.165) is 37.3 Å². The highest BCUT2D eigenvalue weighted by atomic mass is 79.9. The molecule has 0 fully saturated rings. The molecule has 0 spiro atoms. The molecule has 1 aromatic heterocycles. The second-order valence-electron chi connectivity index (χ2n) is 7.64. The molecule has 1 aliphatic heterocycles. The van der Waals surface area contributed by atoms with Gasteiger partial charge in [-0.2, -0.15) is 15.6 Å². The van der Waals surface area contributed by atoms with Gasteiger partial charge in [0, 0.05) is 31.6 Å². The van der Waals surface area contributed by atoms with E-state index in [2.05, 4.69) is 53.7 Å². The number of rotatable bonds is 4. The Kier molecular flexibility index (Phi) is 6.53. The van der Waals surface area contributed by atoms with Crippen LogP contribution in [0.1, 0.15) is 17.0 Å². The number of nitrogens with two attached hydrogens (primary N) is 1. The third-order valence-electron chi connectivity index (χ3n) is 5.68. The van der Waals surface area contributed by atoms with Gasteiger partial charge in [-0.1, -0.05) is 34.1 Å². The van der Waals surface area contributed by atoms with E-state index in [4.69, 9.17) is 5.73 Å². The Balaban J connectivity index is 1.81. The number of anilines is 1. The molecule has 2 aromatic carbocycles. The third-order valence-corrected chi connectivity index (χ3v) is 7.21. The first-order valence-electron chi connectivity index (χ1n) is 10.2. The van der Waals surface area contributed by atoms with Gasteiger partial charge in [0.05, 0.1) is 23.0 Å². The van der Waals surface area contributed by atoms with Crippen molar-refractivity contribution in [3.63, 3.8) is 0 Å². The molecule has 8 heteroatoms. The highest BCUT2D eigenvalue weighted by Crippen LogP contribution is 2.34. The molecule has 164 valence electrons. The molecule has 6 nitrogen and oxygen atoms in total. The van der Waals surface area contributed by atoms with Crippen LogP contribution in [0.5, 0.6) is 0 Å². The lowest BCUT2D eigenvalue weighted by Crippen LogP contribution is -2.40. The molecule has 0 unspecified atom stereocenters. The molecule has 0 saturated heterocycles. The molecule has 33 heavy (non-hydrogen) atoms. The summed E-state index contributed by atoms with van der Waals surface area (Å²) in [4.78, 5) is 0. The summed E-state index contributed by atoms with van der Waals surface area (Å²) in [5.74, 6) is -0.732. The van der Waals surface area contributed by atoms with Gasteiger partial charge in [-0.3, -0.25) is 0 Å². The lowest BCUT2D eigenvalue weighted by molar-refractivity contribution is 0.624. The Labute approximate surface area is 209 Å². The minimum Gasteiger partial charge on any atom is -0.317 e. The van der Waals surface area contributed by atoms with Crippen molar-refractivity contribution in [1.29, 1.82) is 10.5 Å². The van der Waals surface area contributed by atoms with E-state index in [1.54, 1.807) is 11.1 Å². The van der Waals surface area contributed by atoms with Crippen LogP contribution < -0.4 is 10.7 Å². The van der Waals surface area contributed by atoms with Gasteiger partial charge < -0.3 is 10.3 Å². The number of hydrogen-bond acceptors (Lipinski definition) is 5. The van der Waals surface area contributed by atoms with Crippen LogP contribution in [0.15, 0.2) is 74.2 Å². The monoisotopic (exact) mass is 562 g/mol. The van der Waals surface area contributed by atoms with Crippen LogP contribution in [0.3, 0.4) is 0 Å². The summed E-state index contributed by atoms with van der Waals surface area (Å²) in [5, 5.41) is 26.0. The number of hydrogen-bond donors (Lipinski definition) is 1. The van der Waals surface area contributed by atoms with Gasteiger partial charge in [-0.25, -0.2) is 5.01 Å². The first-order chi connectivity index (χ1) is 15.9. The lowest BCUT2D eigenvalue weighted by atomic mass is 9.95. The Hall–Kier alpha value is -3.17. The van der Waals surface area contributed by atoms with Crippen molar-refractivity contribution in [2.45, 2.75) is 20.0 Å². The minimum absolute atomic E-state index is 0.312. The Morgan fingerprint density at radius 3 is 2.27 bits per heavy atom. The van der Waals surface area contributed by atoms with Gasteiger partial charge in [0.25, 0.3) is 0 Å². The van der Waals surface area contributed by atoms with Crippen molar-refractivity contribution in [2.75, 3.05) is 5.01 Å². The summed E-state index contributed by atoms with van der Waals surface area (Å²) in [6, 6.07) is 21.9. The molecule has 0 radical (unpaired) electrons. The van der Waals surface area contributed by atoms with Crippen LogP contribution in [-0.2, 0) is 0 Å². The van der Waals surface area contributed by atoms with E-state index in [1.165, 1.54) is 0 Å². The average molecular weight is 564 g/mol. The maximum Gasteiger partial charge on any atom is 0.127 e. The molecule has 0 saturated carbocycles. The summed E-state index contributed by atoms with van der Waals surface area (Å²) < 4.78 is 4.00. The van der Waals surface area contributed by atoms with Crippen molar-refractivity contribution in [3.05, 3.63) is 86.1 Å². The SMILES string of the molecule is Cc1c(Br)c(/C=C(/C#N)C2=NN(c3ccccc3)[C@@H](N)[C@H]2C#N)c(C)n1-c1ccc(Br)cc1. The molecule has 3 aromatic rings. The van der Waals surface area contributed by atoms with E-state index >= 15 is 0 Å². The topological polar surface area (TPSA) is 94.1 Å². The van der Waals surface area contributed by atoms with E-state index in [1.807, 2.05) is 68.4 Å². The molecule has 0 amide bonds. The van der Waals surface area contributed by atoms with Gasteiger partial charge in [0.1, 0.15) is 18.2 Å². The summed E-state index contributed by atoms with van der Waals surface area (Å²) in [6.45, 7) is 4.02. The molecule has 0 aliphatic carbocycles. The standard InChI is InChI=1S/C25H20Br2N6/c1-15-21(23(27)16(2)32(15)19-10-8-18(26)9-11-19)12-17(13-28)24-22(14-29)25(30)33(31-24)20-6-4-3-5-7-20/h3-12,22,25H,30H2,1-2H3/b17-12-/t22-,25+/m0/s1. The second kappa shape index (κ2) is 9.36. The number of benzene rings is 2. The highest BCUT2D eigenvalue weighted by molar-refractivity contribution is 9.10. The second-order valence-corrected chi connectivity index (χ2v) is 9.35. The van der Waals surface area contributed by atoms with Crippen molar-refractivity contribution >= 4 is 49.3 Å². The van der Waals surface area contributed by atoms with E-state index in [9.17, 15) is 10.5 Å². The Bertz CT molecular complexity index is 1340. The maximum atomic E-state index is 10.0. The van der Waals surface area contributed by atoms with Crippen molar-refractivity contribution < 1.29 is 0 Å². The minimum atomic E-state index is -0.732. The zero-order chi connectivity index (χ0) is 23.7. The highest BCUT2D eigenvalue weighted by Gasteiger charge is 2.37. The van der Waals surface area contributed by atoms with Gasteiger partial charge in [0.15, 0.2) is 0 Å². The van der Waals surface area contributed by atoms with Crippen LogP contribution in [0.2, 0.25) is 0 Å². The molecule has 2 heterocycles. The van der Waals surface area contributed by atoms with Crippen LogP contribution in [-0.4, -0.2) is 16.4 Å². The zero-order valence-electron chi connectivity index (χ0n) is 18.0. The fraction of sp³-hybridized carbons (Fsp3) is 0.160. The number of allylic oxidation sites excluding steroid dienone is 1. The van der Waals surface area contributed by atoms with Gasteiger partial charge >= 0.3 is 0 Å². The van der Waals surface area contributed by atoms with Crippen LogP contribution in [0.25, 0.3) is 11.8 Å². The Morgan fingerprint density at radius 1 is 1.00 bits per heavy atom.